The molecule has 1 aliphatic carbocycles. The molecule has 144 valence electrons. The Labute approximate surface area is 158 Å². The highest BCUT2D eigenvalue weighted by molar-refractivity contribution is 6.31. The van der Waals surface area contributed by atoms with E-state index in [1.165, 1.54) is 18.1 Å². The molecule has 1 heterocycles. The maximum atomic E-state index is 12.9. The third kappa shape index (κ3) is 3.97. The van der Waals surface area contributed by atoms with Gasteiger partial charge >= 0.3 is 6.03 Å². The fourth-order valence-electron chi connectivity index (χ4n) is 3.56. The second-order valence-corrected chi connectivity index (χ2v) is 6.63. The molecule has 3 rings (SSSR count). The number of hydrogen-bond donors (Lipinski definition) is 1. The van der Waals surface area contributed by atoms with Gasteiger partial charge in [-0.1, -0.05) is 25.3 Å². The van der Waals surface area contributed by atoms with E-state index in [1.54, 1.807) is 18.2 Å². The Morgan fingerprint density at radius 1 is 1.15 bits per heavy atom. The van der Waals surface area contributed by atoms with Crippen molar-refractivity contribution in [2.45, 2.75) is 45.1 Å². The Bertz CT molecular complexity index is 781. The minimum Gasteiger partial charge on any atom is -0.493 e. The smallest absolute Gasteiger partial charge is 0.331 e. The summed E-state index contributed by atoms with van der Waals surface area (Å²) in [4.78, 5) is 38.6. The molecule has 2 fully saturated rings. The van der Waals surface area contributed by atoms with Gasteiger partial charge in [0, 0.05) is 6.04 Å². The number of carbonyl (C=O) groups is 3. The molecular weight excluding hydrogens is 348 g/mol. The minimum absolute atomic E-state index is 0.0496. The van der Waals surface area contributed by atoms with Crippen LogP contribution in [0.5, 0.6) is 11.5 Å². The zero-order valence-electron chi connectivity index (χ0n) is 15.6. The van der Waals surface area contributed by atoms with Crippen LogP contribution in [0.15, 0.2) is 23.8 Å². The van der Waals surface area contributed by atoms with Gasteiger partial charge in [-0.2, -0.15) is 0 Å². The number of ether oxygens (including phenoxy) is 2. The molecule has 1 N–H and O–H groups in total. The second-order valence-electron chi connectivity index (χ2n) is 6.63. The predicted octanol–water partition coefficient (Wildman–Crippen LogP) is 2.89. The SMILES string of the molecule is CCOc1ccc(C=C2C(=O)NC(=O)N(C3CCCCC3)C2=O)cc1OC. The molecule has 0 atom stereocenters. The average Bonchev–Trinajstić information content (AvgIpc) is 2.67. The summed E-state index contributed by atoms with van der Waals surface area (Å²) in [6.45, 7) is 2.37. The summed E-state index contributed by atoms with van der Waals surface area (Å²) in [6.07, 6.45) is 6.09. The molecule has 4 amide bonds. The number of imide groups is 2. The quantitative estimate of drug-likeness (QED) is 0.635. The molecule has 1 saturated carbocycles. The van der Waals surface area contributed by atoms with Crippen LogP contribution in [0.25, 0.3) is 6.08 Å². The van der Waals surface area contributed by atoms with Crippen LogP contribution in [0.4, 0.5) is 4.79 Å². The van der Waals surface area contributed by atoms with Crippen molar-refractivity contribution in [1.29, 1.82) is 0 Å². The summed E-state index contributed by atoms with van der Waals surface area (Å²) in [7, 11) is 1.52. The molecule has 0 unspecified atom stereocenters. The monoisotopic (exact) mass is 372 g/mol. The van der Waals surface area contributed by atoms with Gasteiger partial charge in [0.1, 0.15) is 5.57 Å². The van der Waals surface area contributed by atoms with Crippen LogP contribution < -0.4 is 14.8 Å². The van der Waals surface area contributed by atoms with Crippen LogP contribution in [0.2, 0.25) is 0 Å². The maximum absolute atomic E-state index is 12.9. The summed E-state index contributed by atoms with van der Waals surface area (Å²) in [5.41, 5.74) is 0.568. The number of nitrogens with zero attached hydrogens (tertiary/aromatic N) is 1. The lowest BCUT2D eigenvalue weighted by Gasteiger charge is -2.35. The molecule has 1 saturated heterocycles. The van der Waals surface area contributed by atoms with Crippen molar-refractivity contribution in [2.24, 2.45) is 0 Å². The zero-order chi connectivity index (χ0) is 19.4. The number of rotatable bonds is 5. The van der Waals surface area contributed by atoms with Crippen molar-refractivity contribution in [3.05, 3.63) is 29.3 Å². The topological polar surface area (TPSA) is 84.9 Å². The van der Waals surface area contributed by atoms with Crippen molar-refractivity contribution in [3.63, 3.8) is 0 Å². The van der Waals surface area contributed by atoms with Crippen molar-refractivity contribution >= 4 is 23.9 Å². The highest BCUT2D eigenvalue weighted by Crippen LogP contribution is 2.30. The number of nitrogens with one attached hydrogen (secondary N) is 1. The fourth-order valence-corrected chi connectivity index (χ4v) is 3.56. The molecule has 0 spiro atoms. The van der Waals surface area contributed by atoms with Gasteiger partial charge in [-0.25, -0.2) is 4.79 Å². The van der Waals surface area contributed by atoms with Crippen LogP contribution in [0.3, 0.4) is 0 Å². The maximum Gasteiger partial charge on any atom is 0.331 e. The lowest BCUT2D eigenvalue weighted by atomic mass is 9.93. The van der Waals surface area contributed by atoms with Crippen molar-refractivity contribution in [1.82, 2.24) is 10.2 Å². The van der Waals surface area contributed by atoms with Gasteiger partial charge in [0.15, 0.2) is 11.5 Å². The van der Waals surface area contributed by atoms with Gasteiger partial charge in [0.2, 0.25) is 0 Å². The summed E-state index contributed by atoms with van der Waals surface area (Å²) in [5, 5.41) is 2.29. The number of amides is 4. The van der Waals surface area contributed by atoms with Crippen LogP contribution in [-0.2, 0) is 9.59 Å². The first-order valence-electron chi connectivity index (χ1n) is 9.26. The minimum atomic E-state index is -0.676. The number of hydrogen-bond acceptors (Lipinski definition) is 5. The zero-order valence-corrected chi connectivity index (χ0v) is 15.6. The van der Waals surface area contributed by atoms with E-state index in [-0.39, 0.29) is 11.6 Å². The van der Waals surface area contributed by atoms with Gasteiger partial charge in [-0.05, 0) is 43.5 Å². The molecule has 0 bridgehead atoms. The molecule has 7 nitrogen and oxygen atoms in total. The van der Waals surface area contributed by atoms with E-state index in [2.05, 4.69) is 5.32 Å². The van der Waals surface area contributed by atoms with Crippen LogP contribution >= 0.6 is 0 Å². The van der Waals surface area contributed by atoms with Gasteiger partial charge in [0.05, 0.1) is 13.7 Å². The first-order valence-corrected chi connectivity index (χ1v) is 9.26. The number of carbonyl (C=O) groups excluding carboxylic acids is 3. The number of benzene rings is 1. The van der Waals surface area contributed by atoms with Gasteiger partial charge in [0.25, 0.3) is 11.8 Å². The summed E-state index contributed by atoms with van der Waals surface area (Å²) < 4.78 is 10.8. The third-order valence-electron chi connectivity index (χ3n) is 4.87. The molecule has 7 heteroatoms. The Kier molecular flexibility index (Phi) is 5.78. The molecule has 2 aliphatic rings. The number of barbiturate groups is 1. The molecule has 1 aromatic carbocycles. The first kappa shape index (κ1) is 18.9. The summed E-state index contributed by atoms with van der Waals surface area (Å²) in [5.74, 6) is -0.121. The average molecular weight is 372 g/mol. The Morgan fingerprint density at radius 2 is 1.89 bits per heavy atom. The molecule has 0 aromatic heterocycles. The van der Waals surface area contributed by atoms with Crippen molar-refractivity contribution in [3.8, 4) is 11.5 Å². The van der Waals surface area contributed by atoms with E-state index >= 15 is 0 Å². The van der Waals surface area contributed by atoms with Crippen LogP contribution in [0.1, 0.15) is 44.6 Å². The standard InChI is InChI=1S/C20H24N2O5/c1-3-27-16-10-9-13(12-17(16)26-2)11-15-18(23)21-20(25)22(19(15)24)14-7-5-4-6-8-14/h9-12,14H,3-8H2,1-2H3,(H,21,23,25). The molecule has 1 aromatic rings. The predicted molar refractivity (Wildman–Crippen MR) is 99.4 cm³/mol. The molecule has 1 aliphatic heterocycles. The number of urea groups is 1. The molecule has 27 heavy (non-hydrogen) atoms. The van der Waals surface area contributed by atoms with Gasteiger partial charge < -0.3 is 9.47 Å². The Balaban J connectivity index is 1.90. The Morgan fingerprint density at radius 3 is 2.56 bits per heavy atom. The molecule has 0 radical (unpaired) electrons. The Hall–Kier alpha value is -2.83. The van der Waals surface area contributed by atoms with Gasteiger partial charge in [-0.3, -0.25) is 19.8 Å². The lowest BCUT2D eigenvalue weighted by Crippen LogP contribution is -2.58. The fraction of sp³-hybridized carbons (Fsp3) is 0.450. The first-order chi connectivity index (χ1) is 13.0. The van der Waals surface area contributed by atoms with E-state index in [0.29, 0.717) is 23.7 Å². The van der Waals surface area contributed by atoms with Crippen LogP contribution in [0, 0.1) is 0 Å². The van der Waals surface area contributed by atoms with Crippen molar-refractivity contribution < 1.29 is 23.9 Å². The molecular formula is C20H24N2O5. The highest BCUT2D eigenvalue weighted by Gasteiger charge is 2.40. The summed E-state index contributed by atoms with van der Waals surface area (Å²) in [6, 6.07) is 4.38. The summed E-state index contributed by atoms with van der Waals surface area (Å²) >= 11 is 0. The largest absolute Gasteiger partial charge is 0.493 e. The van der Waals surface area contributed by atoms with Crippen LogP contribution in [-0.4, -0.2) is 42.5 Å². The van der Waals surface area contributed by atoms with Gasteiger partial charge in [-0.15, -0.1) is 0 Å². The van der Waals surface area contributed by atoms with E-state index in [9.17, 15) is 14.4 Å². The third-order valence-corrected chi connectivity index (χ3v) is 4.87. The van der Waals surface area contributed by atoms with E-state index in [4.69, 9.17) is 9.47 Å². The highest BCUT2D eigenvalue weighted by atomic mass is 16.5. The second kappa shape index (κ2) is 8.24. The van der Waals surface area contributed by atoms with E-state index < -0.39 is 17.8 Å². The van der Waals surface area contributed by atoms with Crippen molar-refractivity contribution in [2.75, 3.05) is 13.7 Å². The van der Waals surface area contributed by atoms with E-state index in [1.807, 2.05) is 6.92 Å². The normalized spacial score (nSPS) is 20.0. The lowest BCUT2D eigenvalue weighted by molar-refractivity contribution is -0.132. The number of methoxy groups -OCH3 is 1. The van der Waals surface area contributed by atoms with E-state index in [0.717, 1.165) is 32.1 Å².